The Morgan fingerprint density at radius 3 is 2.88 bits per heavy atom. The van der Waals surface area contributed by atoms with Gasteiger partial charge in [0.15, 0.2) is 5.96 Å². The third kappa shape index (κ3) is 5.12. The molecule has 1 aromatic carbocycles. The fraction of sp³-hybridized carbons (Fsp3) is 0.650. The van der Waals surface area contributed by atoms with Gasteiger partial charge in [0.25, 0.3) is 0 Å². The number of ether oxygens (including phenoxy) is 1. The number of likely N-dealkylation sites (tertiary alicyclic amines) is 1. The molecule has 144 valence electrons. The Hall–Kier alpha value is -1.30. The van der Waals surface area contributed by atoms with E-state index in [2.05, 4.69) is 39.3 Å². The Morgan fingerprint density at radius 2 is 2.23 bits per heavy atom. The van der Waals surface area contributed by atoms with E-state index in [4.69, 9.17) is 16.3 Å². The van der Waals surface area contributed by atoms with Crippen molar-refractivity contribution in [2.24, 2.45) is 10.9 Å². The highest BCUT2D eigenvalue weighted by Gasteiger charge is 2.25. The highest BCUT2D eigenvalue weighted by molar-refractivity contribution is 6.30. The third-order valence-electron chi connectivity index (χ3n) is 5.40. The average molecular weight is 379 g/mol. The molecule has 0 radical (unpaired) electrons. The van der Waals surface area contributed by atoms with Crippen molar-refractivity contribution in [2.45, 2.75) is 25.3 Å². The number of hydrogen-bond acceptors (Lipinski definition) is 3. The summed E-state index contributed by atoms with van der Waals surface area (Å²) >= 11 is 6.25. The van der Waals surface area contributed by atoms with Crippen LogP contribution >= 0.6 is 11.6 Å². The second-order valence-electron chi connectivity index (χ2n) is 7.35. The molecule has 2 atom stereocenters. The van der Waals surface area contributed by atoms with E-state index < -0.39 is 0 Å². The van der Waals surface area contributed by atoms with Crippen molar-refractivity contribution in [2.75, 3.05) is 53.5 Å². The number of aliphatic imine (C=N–C) groups is 1. The average Bonchev–Trinajstić information content (AvgIpc) is 3.32. The first-order valence-corrected chi connectivity index (χ1v) is 10.0. The standard InChI is InChI=1S/C20H31ClN4O/c1-22-20(24(2)14-16-8-11-26-15-16)23-13-19(25-9-3-4-10-25)17-6-5-7-18(21)12-17/h5-7,12,16,19H,3-4,8-11,13-15H2,1-2H3,(H,22,23). The van der Waals surface area contributed by atoms with Gasteiger partial charge in [-0.25, -0.2) is 0 Å². The number of halogens is 1. The first-order chi connectivity index (χ1) is 12.7. The molecular weight excluding hydrogens is 348 g/mol. The molecular formula is C20H31ClN4O. The molecule has 2 heterocycles. The lowest BCUT2D eigenvalue weighted by atomic mass is 10.1. The molecule has 2 fully saturated rings. The van der Waals surface area contributed by atoms with Crippen molar-refractivity contribution in [3.63, 3.8) is 0 Å². The van der Waals surface area contributed by atoms with Gasteiger partial charge in [0, 0.05) is 44.7 Å². The molecule has 1 aromatic rings. The van der Waals surface area contributed by atoms with Crippen molar-refractivity contribution < 1.29 is 4.74 Å². The molecule has 1 N–H and O–H groups in total. The molecule has 3 rings (SSSR count). The second-order valence-corrected chi connectivity index (χ2v) is 7.79. The number of nitrogens with zero attached hydrogens (tertiary/aromatic N) is 3. The van der Waals surface area contributed by atoms with Gasteiger partial charge >= 0.3 is 0 Å². The van der Waals surface area contributed by atoms with Gasteiger partial charge in [0.2, 0.25) is 0 Å². The van der Waals surface area contributed by atoms with Crippen LogP contribution in [0.3, 0.4) is 0 Å². The number of nitrogens with one attached hydrogen (secondary N) is 1. The maximum Gasteiger partial charge on any atom is 0.193 e. The SMILES string of the molecule is CN=C(NCC(c1cccc(Cl)c1)N1CCCC1)N(C)CC1CCOC1. The van der Waals surface area contributed by atoms with Crippen molar-refractivity contribution >= 4 is 17.6 Å². The van der Waals surface area contributed by atoms with Gasteiger partial charge in [-0.1, -0.05) is 23.7 Å². The van der Waals surface area contributed by atoms with Crippen LogP contribution in [-0.4, -0.2) is 69.2 Å². The van der Waals surface area contributed by atoms with E-state index in [0.29, 0.717) is 12.0 Å². The van der Waals surface area contributed by atoms with Crippen LogP contribution in [0.15, 0.2) is 29.3 Å². The fourth-order valence-corrected chi connectivity index (χ4v) is 4.20. The van der Waals surface area contributed by atoms with Crippen LogP contribution in [0.1, 0.15) is 30.9 Å². The molecule has 0 spiro atoms. The van der Waals surface area contributed by atoms with Crippen LogP contribution < -0.4 is 5.32 Å². The molecule has 26 heavy (non-hydrogen) atoms. The summed E-state index contributed by atoms with van der Waals surface area (Å²) in [7, 11) is 3.96. The molecule has 5 nitrogen and oxygen atoms in total. The Morgan fingerprint density at radius 1 is 1.42 bits per heavy atom. The summed E-state index contributed by atoms with van der Waals surface area (Å²) in [6, 6.07) is 8.57. The zero-order valence-corrected chi connectivity index (χ0v) is 16.7. The summed E-state index contributed by atoms with van der Waals surface area (Å²) in [5, 5.41) is 4.39. The lowest BCUT2D eigenvalue weighted by molar-refractivity contribution is 0.181. The number of rotatable bonds is 6. The van der Waals surface area contributed by atoms with Gasteiger partial charge in [0.05, 0.1) is 12.6 Å². The molecule has 0 amide bonds. The minimum absolute atomic E-state index is 0.316. The van der Waals surface area contributed by atoms with E-state index in [0.717, 1.165) is 56.8 Å². The quantitative estimate of drug-likeness (QED) is 0.610. The van der Waals surface area contributed by atoms with Crippen LogP contribution in [0.4, 0.5) is 0 Å². The highest BCUT2D eigenvalue weighted by atomic mass is 35.5. The smallest absolute Gasteiger partial charge is 0.193 e. The largest absolute Gasteiger partial charge is 0.381 e. The Bertz CT molecular complexity index is 597. The topological polar surface area (TPSA) is 40.1 Å². The van der Waals surface area contributed by atoms with Gasteiger partial charge in [-0.05, 0) is 50.0 Å². The summed E-state index contributed by atoms with van der Waals surface area (Å²) in [5.41, 5.74) is 1.27. The monoisotopic (exact) mass is 378 g/mol. The fourth-order valence-electron chi connectivity index (χ4n) is 4.00. The van der Waals surface area contributed by atoms with Crippen molar-refractivity contribution in [3.05, 3.63) is 34.9 Å². The molecule has 2 aliphatic heterocycles. The summed E-state index contributed by atoms with van der Waals surface area (Å²) in [4.78, 5) is 9.26. The van der Waals surface area contributed by atoms with E-state index >= 15 is 0 Å². The molecule has 2 aliphatic rings. The predicted octanol–water partition coefficient (Wildman–Crippen LogP) is 3.02. The minimum atomic E-state index is 0.316. The van der Waals surface area contributed by atoms with Crippen LogP contribution in [0, 0.1) is 5.92 Å². The third-order valence-corrected chi connectivity index (χ3v) is 5.63. The van der Waals surface area contributed by atoms with Crippen molar-refractivity contribution in [1.29, 1.82) is 0 Å². The van der Waals surface area contributed by atoms with E-state index in [9.17, 15) is 0 Å². The van der Waals surface area contributed by atoms with Gasteiger partial charge < -0.3 is 15.0 Å². The molecule has 0 bridgehead atoms. The van der Waals surface area contributed by atoms with Gasteiger partial charge in [-0.15, -0.1) is 0 Å². The Kier molecular flexibility index (Phi) is 7.17. The first kappa shape index (κ1) is 19.5. The summed E-state index contributed by atoms with van der Waals surface area (Å²) < 4.78 is 5.50. The van der Waals surface area contributed by atoms with Crippen molar-refractivity contribution in [1.82, 2.24) is 15.1 Å². The van der Waals surface area contributed by atoms with E-state index in [1.165, 1.54) is 18.4 Å². The van der Waals surface area contributed by atoms with Crippen LogP contribution in [0.5, 0.6) is 0 Å². The maximum atomic E-state index is 6.25. The minimum Gasteiger partial charge on any atom is -0.381 e. The number of hydrogen-bond donors (Lipinski definition) is 1. The molecule has 0 aromatic heterocycles. The maximum absolute atomic E-state index is 6.25. The molecule has 2 saturated heterocycles. The van der Waals surface area contributed by atoms with Gasteiger partial charge in [0.1, 0.15) is 0 Å². The second kappa shape index (κ2) is 9.58. The number of benzene rings is 1. The normalized spacial score (nSPS) is 22.6. The van der Waals surface area contributed by atoms with Crippen LogP contribution in [-0.2, 0) is 4.74 Å². The highest BCUT2D eigenvalue weighted by Crippen LogP contribution is 2.26. The molecule has 0 saturated carbocycles. The van der Waals surface area contributed by atoms with E-state index in [1.807, 2.05) is 19.2 Å². The lowest BCUT2D eigenvalue weighted by Crippen LogP contribution is -2.45. The zero-order valence-electron chi connectivity index (χ0n) is 16.0. The lowest BCUT2D eigenvalue weighted by Gasteiger charge is -2.31. The molecule has 2 unspecified atom stereocenters. The first-order valence-electron chi connectivity index (χ1n) is 9.66. The van der Waals surface area contributed by atoms with Crippen LogP contribution in [0.25, 0.3) is 0 Å². The Balaban J connectivity index is 1.63. The zero-order chi connectivity index (χ0) is 18.4. The summed E-state index contributed by atoms with van der Waals surface area (Å²) in [6.07, 6.45) is 3.68. The van der Waals surface area contributed by atoms with E-state index in [1.54, 1.807) is 0 Å². The van der Waals surface area contributed by atoms with Crippen LogP contribution in [0.2, 0.25) is 5.02 Å². The predicted molar refractivity (Wildman–Crippen MR) is 108 cm³/mol. The van der Waals surface area contributed by atoms with Crippen molar-refractivity contribution in [3.8, 4) is 0 Å². The van der Waals surface area contributed by atoms with E-state index in [-0.39, 0.29) is 0 Å². The molecule has 0 aliphatic carbocycles. The summed E-state index contributed by atoms with van der Waals surface area (Å²) in [6.45, 7) is 5.85. The van der Waals surface area contributed by atoms with Gasteiger partial charge in [-0.2, -0.15) is 0 Å². The molecule has 6 heteroatoms. The summed E-state index contributed by atoms with van der Waals surface area (Å²) in [5.74, 6) is 1.55. The van der Waals surface area contributed by atoms with Gasteiger partial charge in [-0.3, -0.25) is 9.89 Å². The Labute approximate surface area is 162 Å². The number of guanidine groups is 1.